The lowest BCUT2D eigenvalue weighted by Crippen LogP contribution is -2.39. The molecular formula is C25H24N2O5S. The van der Waals surface area contributed by atoms with E-state index in [1.165, 1.54) is 25.6 Å². The highest BCUT2D eigenvalue weighted by atomic mass is 32.1. The number of hydrogen-bond acceptors (Lipinski definition) is 7. The fourth-order valence-corrected chi connectivity index (χ4v) is 4.89. The third kappa shape index (κ3) is 4.09. The summed E-state index contributed by atoms with van der Waals surface area (Å²) in [5.74, 6) is 0.507. The van der Waals surface area contributed by atoms with Gasteiger partial charge in [-0.1, -0.05) is 47.2 Å². The Morgan fingerprint density at radius 3 is 2.36 bits per heavy atom. The van der Waals surface area contributed by atoms with Gasteiger partial charge in [0.05, 0.1) is 43.2 Å². The van der Waals surface area contributed by atoms with E-state index >= 15 is 0 Å². The molecule has 1 aliphatic heterocycles. The Labute approximate surface area is 194 Å². The molecule has 2 heterocycles. The van der Waals surface area contributed by atoms with Crippen molar-refractivity contribution in [3.8, 4) is 11.5 Å². The summed E-state index contributed by atoms with van der Waals surface area (Å²) in [7, 11) is 4.41. The van der Waals surface area contributed by atoms with Gasteiger partial charge in [-0.25, -0.2) is 9.79 Å². The van der Waals surface area contributed by atoms with Crippen LogP contribution in [-0.4, -0.2) is 31.9 Å². The second kappa shape index (κ2) is 9.07. The standard InChI is InChI=1S/C25H24N2O5S/c1-14-6-8-16(9-7-14)12-20-23(28)27-22(17-10-11-18(30-3)19(13-17)31-4)21(24(29)32-5)15(2)26-25(27)33-20/h6-13,22H,1-5H3/b20-12+/t22-/m1/s1. The highest BCUT2D eigenvalue weighted by Gasteiger charge is 2.33. The van der Waals surface area contributed by atoms with Gasteiger partial charge in [0.25, 0.3) is 5.56 Å². The first-order valence-corrected chi connectivity index (χ1v) is 11.1. The van der Waals surface area contributed by atoms with Gasteiger partial charge in [-0.3, -0.25) is 9.36 Å². The molecule has 33 heavy (non-hydrogen) atoms. The molecule has 7 nitrogen and oxygen atoms in total. The van der Waals surface area contributed by atoms with Crippen LogP contribution in [-0.2, 0) is 9.53 Å². The predicted octanol–water partition coefficient (Wildman–Crippen LogP) is 2.73. The summed E-state index contributed by atoms with van der Waals surface area (Å²) in [4.78, 5) is 31.4. The van der Waals surface area contributed by atoms with Crippen LogP contribution in [0.15, 0.2) is 63.5 Å². The average molecular weight is 465 g/mol. The molecule has 8 heteroatoms. The molecule has 0 radical (unpaired) electrons. The molecule has 0 bridgehead atoms. The molecule has 1 aliphatic rings. The van der Waals surface area contributed by atoms with Gasteiger partial charge in [0.2, 0.25) is 0 Å². The Kier molecular flexibility index (Phi) is 6.20. The van der Waals surface area contributed by atoms with Crippen molar-refractivity contribution >= 4 is 23.4 Å². The number of ether oxygens (including phenoxy) is 3. The zero-order valence-electron chi connectivity index (χ0n) is 19.0. The van der Waals surface area contributed by atoms with Gasteiger partial charge >= 0.3 is 5.97 Å². The quantitative estimate of drug-likeness (QED) is 0.543. The Bertz CT molecular complexity index is 1430. The van der Waals surface area contributed by atoms with Crippen molar-refractivity contribution in [2.24, 2.45) is 4.99 Å². The summed E-state index contributed by atoms with van der Waals surface area (Å²) >= 11 is 1.29. The fourth-order valence-electron chi connectivity index (χ4n) is 3.84. The smallest absolute Gasteiger partial charge is 0.338 e. The normalized spacial score (nSPS) is 15.7. The summed E-state index contributed by atoms with van der Waals surface area (Å²) in [6.07, 6.45) is 1.84. The third-order valence-corrected chi connectivity index (χ3v) is 6.51. The summed E-state index contributed by atoms with van der Waals surface area (Å²) in [6, 6.07) is 12.5. The van der Waals surface area contributed by atoms with Crippen molar-refractivity contribution < 1.29 is 19.0 Å². The maximum Gasteiger partial charge on any atom is 0.338 e. The van der Waals surface area contributed by atoms with Crippen LogP contribution in [0, 0.1) is 6.92 Å². The van der Waals surface area contributed by atoms with E-state index in [0.717, 1.165) is 11.1 Å². The average Bonchev–Trinajstić information content (AvgIpc) is 3.13. The Morgan fingerprint density at radius 2 is 1.73 bits per heavy atom. The molecule has 1 atom stereocenters. The number of esters is 1. The van der Waals surface area contributed by atoms with E-state index in [4.69, 9.17) is 14.2 Å². The molecule has 0 fully saturated rings. The van der Waals surface area contributed by atoms with Crippen LogP contribution in [0.25, 0.3) is 6.08 Å². The predicted molar refractivity (Wildman–Crippen MR) is 127 cm³/mol. The lowest BCUT2D eigenvalue weighted by atomic mass is 9.95. The van der Waals surface area contributed by atoms with Gasteiger partial charge in [-0.2, -0.15) is 0 Å². The molecule has 0 saturated heterocycles. The first-order valence-electron chi connectivity index (χ1n) is 10.3. The molecular weight excluding hydrogens is 440 g/mol. The molecule has 0 saturated carbocycles. The van der Waals surface area contributed by atoms with Crippen LogP contribution >= 0.6 is 11.3 Å². The van der Waals surface area contributed by atoms with Crippen molar-refractivity contribution in [2.75, 3.05) is 21.3 Å². The number of aryl methyl sites for hydroxylation is 1. The van der Waals surface area contributed by atoms with E-state index in [1.807, 2.05) is 43.3 Å². The highest BCUT2D eigenvalue weighted by Crippen LogP contribution is 2.35. The molecule has 2 aromatic carbocycles. The minimum absolute atomic E-state index is 0.229. The number of fused-ring (bicyclic) bond motifs is 1. The topological polar surface area (TPSA) is 79.1 Å². The summed E-state index contributed by atoms with van der Waals surface area (Å²) in [6.45, 7) is 3.76. The van der Waals surface area contributed by atoms with E-state index < -0.39 is 12.0 Å². The van der Waals surface area contributed by atoms with Gasteiger partial charge in [0.15, 0.2) is 16.3 Å². The number of aromatic nitrogens is 1. The number of benzene rings is 2. The van der Waals surface area contributed by atoms with E-state index in [0.29, 0.717) is 37.7 Å². The molecule has 0 unspecified atom stereocenters. The van der Waals surface area contributed by atoms with E-state index in [2.05, 4.69) is 4.99 Å². The zero-order valence-corrected chi connectivity index (χ0v) is 19.9. The number of hydrogen-bond donors (Lipinski definition) is 0. The molecule has 0 amide bonds. The van der Waals surface area contributed by atoms with E-state index in [1.54, 1.807) is 30.7 Å². The molecule has 4 rings (SSSR count). The van der Waals surface area contributed by atoms with Gasteiger partial charge in [-0.05, 0) is 43.2 Å². The second-order valence-electron chi connectivity index (χ2n) is 7.60. The minimum atomic E-state index is -0.714. The van der Waals surface area contributed by atoms with Crippen LogP contribution in [0.3, 0.4) is 0 Å². The number of allylic oxidation sites excluding steroid dienone is 1. The largest absolute Gasteiger partial charge is 0.493 e. The molecule has 0 spiro atoms. The number of carbonyl (C=O) groups excluding carboxylic acids is 1. The lowest BCUT2D eigenvalue weighted by molar-refractivity contribution is -0.136. The third-order valence-electron chi connectivity index (χ3n) is 5.53. The molecule has 1 aromatic heterocycles. The fraction of sp³-hybridized carbons (Fsp3) is 0.240. The van der Waals surface area contributed by atoms with Crippen LogP contribution in [0.1, 0.15) is 29.7 Å². The number of nitrogens with zero attached hydrogens (tertiary/aromatic N) is 2. The summed E-state index contributed by atoms with van der Waals surface area (Å²) < 4.78 is 17.9. The molecule has 3 aromatic rings. The van der Waals surface area contributed by atoms with Crippen molar-refractivity contribution in [3.05, 3.63) is 90.1 Å². The molecule has 0 N–H and O–H groups in total. The van der Waals surface area contributed by atoms with Gasteiger partial charge in [0.1, 0.15) is 0 Å². The van der Waals surface area contributed by atoms with Crippen molar-refractivity contribution in [1.82, 2.24) is 4.57 Å². The first kappa shape index (κ1) is 22.5. The highest BCUT2D eigenvalue weighted by molar-refractivity contribution is 7.07. The van der Waals surface area contributed by atoms with Gasteiger partial charge in [0, 0.05) is 0 Å². The zero-order chi connectivity index (χ0) is 23.7. The Hall–Kier alpha value is -3.65. The van der Waals surface area contributed by atoms with Crippen LogP contribution < -0.4 is 24.4 Å². The van der Waals surface area contributed by atoms with Crippen LogP contribution in [0.2, 0.25) is 0 Å². The SMILES string of the molecule is COC(=O)C1=C(C)N=c2s/c(=C/c3ccc(C)cc3)c(=O)n2[C@@H]1c1ccc(OC)c(OC)c1. The van der Waals surface area contributed by atoms with Crippen molar-refractivity contribution in [3.63, 3.8) is 0 Å². The number of thiazole rings is 1. The Morgan fingerprint density at radius 1 is 1.03 bits per heavy atom. The van der Waals surface area contributed by atoms with Crippen molar-refractivity contribution in [1.29, 1.82) is 0 Å². The summed E-state index contributed by atoms with van der Waals surface area (Å²) in [5, 5.41) is 0. The number of methoxy groups -OCH3 is 3. The first-order chi connectivity index (χ1) is 15.9. The number of carbonyl (C=O) groups is 1. The minimum Gasteiger partial charge on any atom is -0.493 e. The van der Waals surface area contributed by atoms with Crippen molar-refractivity contribution in [2.45, 2.75) is 19.9 Å². The van der Waals surface area contributed by atoms with E-state index in [9.17, 15) is 9.59 Å². The lowest BCUT2D eigenvalue weighted by Gasteiger charge is -2.25. The second-order valence-corrected chi connectivity index (χ2v) is 8.61. The monoisotopic (exact) mass is 464 g/mol. The Balaban J connectivity index is 1.97. The molecule has 0 aliphatic carbocycles. The number of rotatable bonds is 5. The maximum absolute atomic E-state index is 13.6. The summed E-state index contributed by atoms with van der Waals surface area (Å²) in [5.41, 5.74) is 3.32. The van der Waals surface area contributed by atoms with E-state index in [-0.39, 0.29) is 5.56 Å². The van der Waals surface area contributed by atoms with Crippen LogP contribution in [0.5, 0.6) is 11.5 Å². The van der Waals surface area contributed by atoms with Crippen LogP contribution in [0.4, 0.5) is 0 Å². The maximum atomic E-state index is 13.6. The van der Waals surface area contributed by atoms with Gasteiger partial charge in [-0.15, -0.1) is 0 Å². The molecule has 170 valence electrons. The van der Waals surface area contributed by atoms with Gasteiger partial charge < -0.3 is 14.2 Å².